The van der Waals surface area contributed by atoms with Gasteiger partial charge in [0, 0.05) is 11.8 Å². The van der Waals surface area contributed by atoms with Gasteiger partial charge in [0.2, 0.25) is 0 Å². The van der Waals surface area contributed by atoms with Gasteiger partial charge >= 0.3 is 0 Å². The van der Waals surface area contributed by atoms with E-state index in [0.29, 0.717) is 12.8 Å². The van der Waals surface area contributed by atoms with Crippen molar-refractivity contribution in [3.05, 3.63) is 60.7 Å². The van der Waals surface area contributed by atoms with Crippen LogP contribution in [0.3, 0.4) is 0 Å². The molecule has 0 saturated heterocycles. The molecule has 7 heteroatoms. The molecule has 28 heavy (non-hydrogen) atoms. The van der Waals surface area contributed by atoms with Crippen LogP contribution in [0.25, 0.3) is 0 Å². The topological polar surface area (TPSA) is 85.3 Å². The van der Waals surface area contributed by atoms with Crippen molar-refractivity contribution in [3.63, 3.8) is 0 Å². The summed E-state index contributed by atoms with van der Waals surface area (Å²) >= 11 is 0. The summed E-state index contributed by atoms with van der Waals surface area (Å²) in [6.07, 6.45) is 1.83. The predicted molar refractivity (Wildman–Crippen MR) is 107 cm³/mol. The van der Waals surface area contributed by atoms with Crippen LogP contribution in [0.15, 0.2) is 70.5 Å². The highest BCUT2D eigenvalue weighted by Crippen LogP contribution is 2.33. The molecule has 1 saturated carbocycles. The summed E-state index contributed by atoms with van der Waals surface area (Å²) in [6, 6.07) is 16.5. The standard InChI is InChI=1S/C21H24O5S2/c22-21-17(13-15-27(23,24)19-7-3-1-4-8-19)11-12-18(21)14-16-28(25,26)20-9-5-2-6-10-20/h1-10,17-18H,11-16H2. The van der Waals surface area contributed by atoms with E-state index in [1.807, 2.05) is 0 Å². The second kappa shape index (κ2) is 8.57. The van der Waals surface area contributed by atoms with Crippen LogP contribution in [-0.2, 0) is 24.5 Å². The quantitative estimate of drug-likeness (QED) is 0.654. The molecule has 2 aromatic carbocycles. The summed E-state index contributed by atoms with van der Waals surface area (Å²) in [4.78, 5) is 13.2. The second-order valence-corrected chi connectivity index (χ2v) is 11.4. The fourth-order valence-corrected chi connectivity index (χ4v) is 6.48. The minimum atomic E-state index is -3.41. The maximum absolute atomic E-state index is 12.6. The van der Waals surface area contributed by atoms with Crippen molar-refractivity contribution in [2.75, 3.05) is 11.5 Å². The molecule has 5 nitrogen and oxygen atoms in total. The number of hydrogen-bond donors (Lipinski definition) is 0. The molecular formula is C21H24O5S2. The summed E-state index contributed by atoms with van der Waals surface area (Å²) in [5, 5.41) is 0. The lowest BCUT2D eigenvalue weighted by Gasteiger charge is -2.11. The highest BCUT2D eigenvalue weighted by atomic mass is 32.2. The highest BCUT2D eigenvalue weighted by Gasteiger charge is 2.35. The lowest BCUT2D eigenvalue weighted by Crippen LogP contribution is -2.20. The number of benzene rings is 2. The third-order valence-electron chi connectivity index (χ3n) is 5.34. The monoisotopic (exact) mass is 420 g/mol. The largest absolute Gasteiger partial charge is 0.299 e. The molecule has 3 rings (SSSR count). The molecule has 0 aliphatic heterocycles. The first-order valence-corrected chi connectivity index (χ1v) is 12.7. The molecule has 0 bridgehead atoms. The van der Waals surface area contributed by atoms with Gasteiger partial charge in [0.1, 0.15) is 5.78 Å². The first-order chi connectivity index (χ1) is 13.3. The van der Waals surface area contributed by atoms with Gasteiger partial charge in [0.05, 0.1) is 21.3 Å². The van der Waals surface area contributed by atoms with Gasteiger partial charge in [-0.2, -0.15) is 0 Å². The summed E-state index contributed by atoms with van der Waals surface area (Å²) in [5.74, 6) is -0.734. The Morgan fingerprint density at radius 3 is 1.36 bits per heavy atom. The van der Waals surface area contributed by atoms with E-state index >= 15 is 0 Å². The Kier molecular flexibility index (Phi) is 6.35. The van der Waals surface area contributed by atoms with E-state index < -0.39 is 19.7 Å². The molecule has 150 valence electrons. The van der Waals surface area contributed by atoms with Crippen molar-refractivity contribution in [1.82, 2.24) is 0 Å². The van der Waals surface area contributed by atoms with Gasteiger partial charge in [-0.15, -0.1) is 0 Å². The lowest BCUT2D eigenvalue weighted by atomic mass is 9.99. The summed E-state index contributed by atoms with van der Waals surface area (Å²) in [5.41, 5.74) is 0. The Labute approximate surface area is 166 Å². The van der Waals surface area contributed by atoms with Crippen LogP contribution in [0.1, 0.15) is 25.7 Å². The lowest BCUT2D eigenvalue weighted by molar-refractivity contribution is -0.123. The smallest absolute Gasteiger partial charge is 0.178 e. The minimum absolute atomic E-state index is 0.00604. The Morgan fingerprint density at radius 2 is 1.00 bits per heavy atom. The van der Waals surface area contributed by atoms with Gasteiger partial charge in [-0.25, -0.2) is 16.8 Å². The molecule has 0 spiro atoms. The van der Waals surface area contributed by atoms with Gasteiger partial charge in [-0.3, -0.25) is 4.79 Å². The Bertz CT molecular complexity index is 929. The van der Waals surface area contributed by atoms with E-state index in [9.17, 15) is 21.6 Å². The third kappa shape index (κ3) is 4.89. The van der Waals surface area contributed by atoms with Crippen LogP contribution in [-0.4, -0.2) is 34.1 Å². The van der Waals surface area contributed by atoms with Crippen LogP contribution < -0.4 is 0 Å². The molecule has 2 atom stereocenters. The molecule has 0 amide bonds. The van der Waals surface area contributed by atoms with Crippen molar-refractivity contribution in [2.45, 2.75) is 35.5 Å². The Morgan fingerprint density at radius 1 is 0.643 bits per heavy atom. The van der Waals surface area contributed by atoms with E-state index in [0.717, 1.165) is 0 Å². The number of carbonyl (C=O) groups excluding carboxylic acids is 1. The van der Waals surface area contributed by atoms with Crippen molar-refractivity contribution in [2.24, 2.45) is 11.8 Å². The maximum atomic E-state index is 12.6. The van der Waals surface area contributed by atoms with E-state index in [1.54, 1.807) is 60.7 Å². The zero-order chi connectivity index (χ0) is 20.2. The van der Waals surface area contributed by atoms with Gasteiger partial charge in [0.25, 0.3) is 0 Å². The number of Topliss-reactive ketones (excluding diaryl/α,β-unsaturated/α-hetero) is 1. The Hall–Kier alpha value is -1.99. The van der Waals surface area contributed by atoms with Crippen LogP contribution in [0.2, 0.25) is 0 Å². The number of carbonyl (C=O) groups is 1. The fraction of sp³-hybridized carbons (Fsp3) is 0.381. The number of sulfone groups is 2. The molecule has 1 aliphatic rings. The number of hydrogen-bond acceptors (Lipinski definition) is 5. The first-order valence-electron chi connectivity index (χ1n) is 9.39. The zero-order valence-electron chi connectivity index (χ0n) is 15.5. The van der Waals surface area contributed by atoms with Crippen LogP contribution in [0.4, 0.5) is 0 Å². The maximum Gasteiger partial charge on any atom is 0.178 e. The summed E-state index contributed by atoms with van der Waals surface area (Å²) < 4.78 is 49.6. The van der Waals surface area contributed by atoms with E-state index in [4.69, 9.17) is 0 Å². The van der Waals surface area contributed by atoms with Crippen LogP contribution in [0.5, 0.6) is 0 Å². The molecule has 0 heterocycles. The highest BCUT2D eigenvalue weighted by molar-refractivity contribution is 7.91. The van der Waals surface area contributed by atoms with Crippen molar-refractivity contribution in [3.8, 4) is 0 Å². The van der Waals surface area contributed by atoms with Crippen molar-refractivity contribution >= 4 is 25.5 Å². The van der Waals surface area contributed by atoms with Gasteiger partial charge in [-0.1, -0.05) is 36.4 Å². The second-order valence-electron chi connectivity index (χ2n) is 7.21. The van der Waals surface area contributed by atoms with Crippen molar-refractivity contribution in [1.29, 1.82) is 0 Å². The molecule has 2 unspecified atom stereocenters. The number of rotatable bonds is 8. The van der Waals surface area contributed by atoms with E-state index in [2.05, 4.69) is 0 Å². The molecule has 0 N–H and O–H groups in total. The van der Waals surface area contributed by atoms with E-state index in [-0.39, 0.29) is 51.8 Å². The van der Waals surface area contributed by atoms with Crippen LogP contribution >= 0.6 is 0 Å². The molecule has 1 fully saturated rings. The number of ketones is 1. The average Bonchev–Trinajstić information content (AvgIpc) is 3.06. The summed E-state index contributed by atoms with van der Waals surface area (Å²) in [7, 11) is -6.82. The normalized spacial score (nSPS) is 20.4. The molecular weight excluding hydrogens is 396 g/mol. The van der Waals surface area contributed by atoms with Gasteiger partial charge in [-0.05, 0) is 49.9 Å². The van der Waals surface area contributed by atoms with Crippen molar-refractivity contribution < 1.29 is 21.6 Å². The molecule has 0 radical (unpaired) electrons. The van der Waals surface area contributed by atoms with E-state index in [1.165, 1.54) is 0 Å². The molecule has 2 aromatic rings. The van der Waals surface area contributed by atoms with Gasteiger partial charge < -0.3 is 0 Å². The fourth-order valence-electron chi connectivity index (χ4n) is 3.68. The SMILES string of the molecule is O=C1C(CCS(=O)(=O)c2ccccc2)CCC1CCS(=O)(=O)c1ccccc1. The average molecular weight is 421 g/mol. The first kappa shape index (κ1) is 20.7. The van der Waals surface area contributed by atoms with Crippen LogP contribution in [0, 0.1) is 11.8 Å². The zero-order valence-corrected chi connectivity index (χ0v) is 17.2. The Balaban J connectivity index is 1.55. The summed E-state index contributed by atoms with van der Waals surface area (Å²) in [6.45, 7) is 0. The molecule has 0 aromatic heterocycles. The minimum Gasteiger partial charge on any atom is -0.299 e. The van der Waals surface area contributed by atoms with Gasteiger partial charge in [0.15, 0.2) is 19.7 Å². The third-order valence-corrected chi connectivity index (χ3v) is 8.87. The molecule has 1 aliphatic carbocycles. The predicted octanol–water partition coefficient (Wildman–Crippen LogP) is 3.31.